The number of rotatable bonds is 15. The molecule has 5 heterocycles. The van der Waals surface area contributed by atoms with E-state index < -0.39 is 29.7 Å². The second-order valence-corrected chi connectivity index (χ2v) is 16.5. The molecule has 0 aliphatic carbocycles. The number of benzene rings is 2. The summed E-state index contributed by atoms with van der Waals surface area (Å²) in [5.41, 5.74) is 17.2. The van der Waals surface area contributed by atoms with Gasteiger partial charge in [0.05, 0.1) is 64.9 Å². The number of nitrogens with zero attached hydrogens (tertiary/aromatic N) is 11. The summed E-state index contributed by atoms with van der Waals surface area (Å²) in [6.07, 6.45) is 0.0953. The van der Waals surface area contributed by atoms with Crippen molar-refractivity contribution < 1.29 is 33.4 Å². The standard InChI is InChI=1S/C45H57N13O7/c1-9-56-37(19-26(3)50-56)42(62)48-44-52(7)35-21-30(40(46)60)11-13-33(35)54(44)17-15-32(65-25-39(59)58-28(5)23-64-24-29(58)6)16-18-55-34-14-12-31(41(47)61)22-36(34)53(8)45(55)49-43(63)38-20-27(4)51-57(38)10-2/h11-14,19-22,28-29,32H,9-10,15-18,23-25H2,1-8H3,(H2,46,60)(H2,47,61)/t28-,29+,32?. The van der Waals surface area contributed by atoms with Gasteiger partial charge in [0.15, 0.2) is 0 Å². The maximum absolute atomic E-state index is 13.9. The van der Waals surface area contributed by atoms with Crippen LogP contribution in [0.4, 0.5) is 0 Å². The third-order valence-corrected chi connectivity index (χ3v) is 11.9. The van der Waals surface area contributed by atoms with Crippen molar-refractivity contribution in [1.82, 2.24) is 42.7 Å². The number of nitrogens with two attached hydrogens (primary N) is 2. The van der Waals surface area contributed by atoms with Crippen molar-refractivity contribution in [2.24, 2.45) is 35.5 Å². The largest absolute Gasteiger partial charge is 0.377 e. The van der Waals surface area contributed by atoms with E-state index >= 15 is 0 Å². The SMILES string of the molecule is CCn1nc(C)cc1C(=O)N=c1n(C)c2cc(C(N)=O)ccc2n1CCC(CCn1c(=NC(=O)c2cc(C)nn2CC)n(C)c2cc(C(N)=O)ccc21)OCC(=O)N1[C@H](C)COC[C@@H]1C. The Labute approximate surface area is 374 Å². The van der Waals surface area contributed by atoms with Gasteiger partial charge in [-0.05, 0) is 103 Å². The molecule has 0 saturated carbocycles. The number of aryl methyl sites for hydroxylation is 8. The molecule has 0 unspecified atom stereocenters. The fraction of sp³-hybridized carbons (Fsp3) is 0.444. The highest BCUT2D eigenvalue weighted by molar-refractivity contribution is 5.98. The van der Waals surface area contributed by atoms with Crippen LogP contribution < -0.4 is 22.7 Å². The molecule has 7 rings (SSSR count). The summed E-state index contributed by atoms with van der Waals surface area (Å²) in [6, 6.07) is 13.2. The molecule has 0 radical (unpaired) electrons. The Morgan fingerprint density at radius 1 is 0.708 bits per heavy atom. The number of carbonyl (C=O) groups is 5. The molecule has 6 aromatic rings. The van der Waals surface area contributed by atoms with Crippen molar-refractivity contribution in [1.29, 1.82) is 0 Å². The maximum atomic E-state index is 13.9. The van der Waals surface area contributed by atoms with Crippen molar-refractivity contribution in [3.05, 3.63) is 93.7 Å². The van der Waals surface area contributed by atoms with E-state index in [4.69, 9.17) is 20.9 Å². The van der Waals surface area contributed by atoms with Crippen molar-refractivity contribution in [3.63, 3.8) is 0 Å². The van der Waals surface area contributed by atoms with Gasteiger partial charge in [-0.3, -0.25) is 33.3 Å². The average Bonchev–Trinajstić information content (AvgIpc) is 4.00. The van der Waals surface area contributed by atoms with Crippen molar-refractivity contribution in [3.8, 4) is 0 Å². The van der Waals surface area contributed by atoms with E-state index in [9.17, 15) is 24.0 Å². The van der Waals surface area contributed by atoms with E-state index in [2.05, 4.69) is 20.2 Å². The Morgan fingerprint density at radius 3 is 1.54 bits per heavy atom. The summed E-state index contributed by atoms with van der Waals surface area (Å²) in [5, 5.41) is 8.87. The molecule has 1 aliphatic rings. The number of hydrogen-bond donors (Lipinski definition) is 2. The Kier molecular flexibility index (Phi) is 13.5. The van der Waals surface area contributed by atoms with Gasteiger partial charge in [0.1, 0.15) is 18.0 Å². The van der Waals surface area contributed by atoms with E-state index in [1.165, 1.54) is 0 Å². The number of carbonyl (C=O) groups excluding carboxylic acids is 5. The molecule has 65 heavy (non-hydrogen) atoms. The molecule has 1 fully saturated rings. The molecule has 4 aromatic heterocycles. The second kappa shape index (κ2) is 19.0. The lowest BCUT2D eigenvalue weighted by Crippen LogP contribution is -2.53. The molecule has 2 aromatic carbocycles. The predicted octanol–water partition coefficient (Wildman–Crippen LogP) is 2.50. The highest BCUT2D eigenvalue weighted by Crippen LogP contribution is 2.21. The van der Waals surface area contributed by atoms with Crippen LogP contribution in [0.15, 0.2) is 58.5 Å². The van der Waals surface area contributed by atoms with Gasteiger partial charge in [-0.15, -0.1) is 0 Å². The van der Waals surface area contributed by atoms with Crippen LogP contribution >= 0.6 is 0 Å². The number of aromatic nitrogens is 8. The third-order valence-electron chi connectivity index (χ3n) is 11.9. The number of fused-ring (bicyclic) bond motifs is 2. The molecule has 1 saturated heterocycles. The Morgan fingerprint density at radius 2 is 1.14 bits per heavy atom. The minimum Gasteiger partial charge on any atom is -0.377 e. The summed E-state index contributed by atoms with van der Waals surface area (Å²) < 4.78 is 22.7. The molecule has 2 atom stereocenters. The molecule has 20 heteroatoms. The minimum absolute atomic E-state index is 0.148. The smallest absolute Gasteiger partial charge is 0.298 e. The van der Waals surface area contributed by atoms with E-state index in [1.54, 1.807) is 86.0 Å². The van der Waals surface area contributed by atoms with Crippen LogP contribution in [0, 0.1) is 13.8 Å². The summed E-state index contributed by atoms with van der Waals surface area (Å²) in [7, 11) is 3.52. The minimum atomic E-state index is -0.603. The molecule has 0 spiro atoms. The molecule has 5 amide bonds. The number of amides is 5. The quantitative estimate of drug-likeness (QED) is 0.154. The van der Waals surface area contributed by atoms with E-state index in [0.717, 1.165) is 0 Å². The van der Waals surface area contributed by atoms with Crippen LogP contribution in [0.2, 0.25) is 0 Å². The second-order valence-electron chi connectivity index (χ2n) is 16.5. The Bertz CT molecular complexity index is 2790. The summed E-state index contributed by atoms with van der Waals surface area (Å²) in [6.45, 7) is 13.4. The van der Waals surface area contributed by atoms with Crippen molar-refractivity contribution in [2.75, 3.05) is 19.8 Å². The topological polar surface area (TPSA) is 239 Å². The molecule has 20 nitrogen and oxygen atoms in total. The van der Waals surface area contributed by atoms with Crippen molar-refractivity contribution in [2.45, 2.75) is 98.8 Å². The zero-order valence-corrected chi connectivity index (χ0v) is 38.1. The average molecular weight is 892 g/mol. The third kappa shape index (κ3) is 9.35. The molecular formula is C45H57N13O7. The lowest BCUT2D eigenvalue weighted by atomic mass is 10.1. The fourth-order valence-corrected chi connectivity index (χ4v) is 8.68. The van der Waals surface area contributed by atoms with Crippen LogP contribution in [0.3, 0.4) is 0 Å². The van der Waals surface area contributed by atoms with Gasteiger partial charge in [0, 0.05) is 51.4 Å². The van der Waals surface area contributed by atoms with Crippen molar-refractivity contribution >= 4 is 51.6 Å². The van der Waals surface area contributed by atoms with Crippen LogP contribution in [0.1, 0.15) is 93.6 Å². The Hall–Kier alpha value is -6.93. The van der Waals surface area contributed by atoms with Crippen LogP contribution in [0.25, 0.3) is 22.1 Å². The first-order valence-corrected chi connectivity index (χ1v) is 21.8. The molecule has 1 aliphatic heterocycles. The molecular weight excluding hydrogens is 835 g/mol. The lowest BCUT2D eigenvalue weighted by molar-refractivity contribution is -0.151. The summed E-state index contributed by atoms with van der Waals surface area (Å²) >= 11 is 0. The van der Waals surface area contributed by atoms with Gasteiger partial charge in [0.2, 0.25) is 29.0 Å². The molecule has 344 valence electrons. The lowest BCUT2D eigenvalue weighted by Gasteiger charge is -2.39. The molecule has 0 bridgehead atoms. The highest BCUT2D eigenvalue weighted by atomic mass is 16.5. The van der Waals surface area contributed by atoms with E-state index in [-0.39, 0.29) is 48.8 Å². The van der Waals surface area contributed by atoms with Crippen LogP contribution in [-0.2, 0) is 54.5 Å². The van der Waals surface area contributed by atoms with Gasteiger partial charge in [-0.25, -0.2) is 0 Å². The first-order valence-electron chi connectivity index (χ1n) is 21.8. The Balaban J connectivity index is 1.29. The normalized spacial score (nSPS) is 16.5. The molecule has 4 N–H and O–H groups in total. The van der Waals surface area contributed by atoms with Gasteiger partial charge < -0.3 is 44.1 Å². The number of ether oxygens (including phenoxy) is 2. The zero-order chi connectivity index (χ0) is 46.9. The van der Waals surface area contributed by atoms with Gasteiger partial charge in [0.25, 0.3) is 11.8 Å². The predicted molar refractivity (Wildman–Crippen MR) is 239 cm³/mol. The highest BCUT2D eigenvalue weighted by Gasteiger charge is 2.30. The number of imidazole rings is 2. The monoisotopic (exact) mass is 891 g/mol. The number of morpholine rings is 1. The zero-order valence-electron chi connectivity index (χ0n) is 38.1. The first kappa shape index (κ1) is 46.1. The van der Waals surface area contributed by atoms with Crippen LogP contribution in [0.5, 0.6) is 0 Å². The van der Waals surface area contributed by atoms with Gasteiger partial charge in [-0.1, -0.05) is 0 Å². The fourth-order valence-electron chi connectivity index (χ4n) is 8.68. The number of hydrogen-bond acceptors (Lipinski definition) is 9. The first-order chi connectivity index (χ1) is 31.0. The van der Waals surface area contributed by atoms with Gasteiger partial charge >= 0.3 is 0 Å². The van der Waals surface area contributed by atoms with Gasteiger partial charge in [-0.2, -0.15) is 20.2 Å². The number of primary amides is 2. The van der Waals surface area contributed by atoms with E-state index in [1.807, 2.05) is 50.7 Å². The van der Waals surface area contributed by atoms with E-state index in [0.29, 0.717) is 95.2 Å². The van der Waals surface area contributed by atoms with Crippen LogP contribution in [-0.4, -0.2) is 110 Å². The summed E-state index contributed by atoms with van der Waals surface area (Å²) in [4.78, 5) is 77.2. The maximum Gasteiger partial charge on any atom is 0.298 e. The summed E-state index contributed by atoms with van der Waals surface area (Å²) in [5.74, 6) is -2.38.